The Morgan fingerprint density at radius 3 is 2.71 bits per heavy atom. The number of nitrogens with two attached hydrogens (primary N) is 1. The average Bonchev–Trinajstić information content (AvgIpc) is 2.69. The second-order valence-electron chi connectivity index (χ2n) is 3.74. The average molecular weight is 232 g/mol. The quantitative estimate of drug-likeness (QED) is 0.773. The molecule has 1 amide bonds. The van der Waals surface area contributed by atoms with Crippen LogP contribution < -0.4 is 5.73 Å². The molecule has 88 valence electrons. The number of hydrogen-bond acceptors (Lipinski definition) is 4. The summed E-state index contributed by atoms with van der Waals surface area (Å²) in [7, 11) is 0. The third-order valence-electron chi connectivity index (χ3n) is 2.43. The first-order chi connectivity index (χ1) is 8.16. The standard InChI is InChI=1S/C12H12N2O3/c13-10(15)7-6-9-12(16)17-11(14-9)8-4-2-1-3-5-8/h1-5,9H,6-7H2,(H2,13,15). The molecule has 2 rings (SSSR count). The van der Waals surface area contributed by atoms with Crippen molar-refractivity contribution in [3.8, 4) is 0 Å². The highest BCUT2D eigenvalue weighted by molar-refractivity contribution is 6.06. The van der Waals surface area contributed by atoms with Gasteiger partial charge in [0.2, 0.25) is 11.8 Å². The number of rotatable bonds is 4. The van der Waals surface area contributed by atoms with Crippen LogP contribution in [0.1, 0.15) is 18.4 Å². The maximum absolute atomic E-state index is 11.5. The summed E-state index contributed by atoms with van der Waals surface area (Å²) in [5, 5.41) is 0. The van der Waals surface area contributed by atoms with Gasteiger partial charge in [-0.25, -0.2) is 9.79 Å². The smallest absolute Gasteiger partial charge is 0.337 e. The van der Waals surface area contributed by atoms with Gasteiger partial charge in [0.15, 0.2) is 6.04 Å². The highest BCUT2D eigenvalue weighted by Gasteiger charge is 2.29. The Morgan fingerprint density at radius 2 is 2.06 bits per heavy atom. The van der Waals surface area contributed by atoms with Crippen LogP contribution in [0.4, 0.5) is 0 Å². The first-order valence-corrected chi connectivity index (χ1v) is 5.30. The van der Waals surface area contributed by atoms with Crippen LogP contribution in [0.15, 0.2) is 35.3 Å². The lowest BCUT2D eigenvalue weighted by atomic mass is 10.1. The minimum absolute atomic E-state index is 0.130. The molecule has 0 aliphatic carbocycles. The SMILES string of the molecule is NC(=O)CCC1N=C(c2ccccc2)OC1=O. The molecule has 17 heavy (non-hydrogen) atoms. The van der Waals surface area contributed by atoms with E-state index >= 15 is 0 Å². The van der Waals surface area contributed by atoms with Gasteiger partial charge in [-0.1, -0.05) is 18.2 Å². The van der Waals surface area contributed by atoms with Crippen molar-refractivity contribution in [3.63, 3.8) is 0 Å². The molecule has 1 unspecified atom stereocenters. The molecular formula is C12H12N2O3. The molecule has 1 heterocycles. The van der Waals surface area contributed by atoms with E-state index in [1.165, 1.54) is 0 Å². The van der Waals surface area contributed by atoms with Gasteiger partial charge in [-0.2, -0.15) is 0 Å². The summed E-state index contributed by atoms with van der Waals surface area (Å²) in [5.74, 6) is -0.559. The Bertz CT molecular complexity index is 468. The lowest BCUT2D eigenvalue weighted by Gasteiger charge is -1.99. The van der Waals surface area contributed by atoms with E-state index in [1.807, 2.05) is 30.3 Å². The number of amides is 1. The Kier molecular flexibility index (Phi) is 3.18. The van der Waals surface area contributed by atoms with E-state index in [0.717, 1.165) is 5.56 Å². The van der Waals surface area contributed by atoms with Crippen LogP contribution in [0, 0.1) is 0 Å². The minimum atomic E-state index is -0.613. The van der Waals surface area contributed by atoms with Crippen molar-refractivity contribution in [2.75, 3.05) is 0 Å². The maximum atomic E-state index is 11.5. The molecule has 1 aromatic rings. The van der Waals surface area contributed by atoms with Gasteiger partial charge in [0, 0.05) is 12.0 Å². The predicted octanol–water partition coefficient (Wildman–Crippen LogP) is 0.624. The molecular weight excluding hydrogens is 220 g/mol. The molecule has 5 heteroatoms. The number of aliphatic imine (C=N–C) groups is 1. The Balaban J connectivity index is 2.09. The highest BCUT2D eigenvalue weighted by Crippen LogP contribution is 2.16. The lowest BCUT2D eigenvalue weighted by Crippen LogP contribution is -2.19. The zero-order valence-corrected chi connectivity index (χ0v) is 9.13. The van der Waals surface area contributed by atoms with Gasteiger partial charge in [0.1, 0.15) is 0 Å². The fourth-order valence-electron chi connectivity index (χ4n) is 1.56. The van der Waals surface area contributed by atoms with Crippen molar-refractivity contribution in [2.45, 2.75) is 18.9 Å². The van der Waals surface area contributed by atoms with E-state index in [2.05, 4.69) is 4.99 Å². The van der Waals surface area contributed by atoms with Crippen LogP contribution in [-0.4, -0.2) is 23.8 Å². The Morgan fingerprint density at radius 1 is 1.35 bits per heavy atom. The van der Waals surface area contributed by atoms with Crippen LogP contribution in [-0.2, 0) is 14.3 Å². The molecule has 1 aromatic carbocycles. The molecule has 0 saturated carbocycles. The number of benzene rings is 1. The van der Waals surface area contributed by atoms with Crippen molar-refractivity contribution in [1.29, 1.82) is 0 Å². The highest BCUT2D eigenvalue weighted by atomic mass is 16.6. The van der Waals surface area contributed by atoms with Crippen molar-refractivity contribution < 1.29 is 14.3 Å². The van der Waals surface area contributed by atoms with E-state index in [4.69, 9.17) is 10.5 Å². The largest absolute Gasteiger partial charge is 0.406 e. The number of esters is 1. The van der Waals surface area contributed by atoms with Gasteiger partial charge >= 0.3 is 5.97 Å². The number of carbonyl (C=O) groups is 2. The van der Waals surface area contributed by atoms with Crippen LogP contribution in [0.2, 0.25) is 0 Å². The van der Waals surface area contributed by atoms with E-state index in [1.54, 1.807) is 0 Å². The summed E-state index contributed by atoms with van der Waals surface area (Å²) in [4.78, 5) is 26.3. The first-order valence-electron chi connectivity index (χ1n) is 5.30. The lowest BCUT2D eigenvalue weighted by molar-refractivity contribution is -0.135. The molecule has 0 radical (unpaired) electrons. The van der Waals surface area contributed by atoms with Crippen molar-refractivity contribution in [3.05, 3.63) is 35.9 Å². The zero-order chi connectivity index (χ0) is 12.3. The van der Waals surface area contributed by atoms with E-state index < -0.39 is 17.9 Å². The first kappa shape index (κ1) is 11.3. The summed E-state index contributed by atoms with van der Waals surface area (Å²) in [6.45, 7) is 0. The number of ether oxygens (including phenoxy) is 1. The van der Waals surface area contributed by atoms with Crippen LogP contribution in [0.5, 0.6) is 0 Å². The monoisotopic (exact) mass is 232 g/mol. The van der Waals surface area contributed by atoms with Crippen molar-refractivity contribution in [1.82, 2.24) is 0 Å². The van der Waals surface area contributed by atoms with Crippen molar-refractivity contribution >= 4 is 17.8 Å². The van der Waals surface area contributed by atoms with E-state index in [0.29, 0.717) is 12.3 Å². The van der Waals surface area contributed by atoms with E-state index in [9.17, 15) is 9.59 Å². The molecule has 1 aliphatic heterocycles. The zero-order valence-electron chi connectivity index (χ0n) is 9.13. The molecule has 0 fully saturated rings. The number of nitrogens with zero attached hydrogens (tertiary/aromatic N) is 1. The second kappa shape index (κ2) is 4.78. The fourth-order valence-corrected chi connectivity index (χ4v) is 1.56. The van der Waals surface area contributed by atoms with Crippen LogP contribution in [0.25, 0.3) is 0 Å². The predicted molar refractivity (Wildman–Crippen MR) is 61.3 cm³/mol. The van der Waals surface area contributed by atoms with Gasteiger partial charge in [-0.15, -0.1) is 0 Å². The number of hydrogen-bond donors (Lipinski definition) is 1. The van der Waals surface area contributed by atoms with Crippen LogP contribution in [0.3, 0.4) is 0 Å². The molecule has 1 aliphatic rings. The molecule has 0 aromatic heterocycles. The third-order valence-corrected chi connectivity index (χ3v) is 2.43. The maximum Gasteiger partial charge on any atom is 0.337 e. The third kappa shape index (κ3) is 2.69. The van der Waals surface area contributed by atoms with Gasteiger partial charge in [-0.05, 0) is 18.6 Å². The second-order valence-corrected chi connectivity index (χ2v) is 3.74. The van der Waals surface area contributed by atoms with Gasteiger partial charge in [0.25, 0.3) is 0 Å². The molecule has 0 bridgehead atoms. The van der Waals surface area contributed by atoms with Crippen molar-refractivity contribution in [2.24, 2.45) is 10.7 Å². The Labute approximate surface area is 98.3 Å². The summed E-state index contributed by atoms with van der Waals surface area (Å²) in [6.07, 6.45) is 0.426. The summed E-state index contributed by atoms with van der Waals surface area (Å²) in [5.41, 5.74) is 5.77. The normalized spacial score (nSPS) is 18.7. The number of primary amides is 1. The fraction of sp³-hybridized carbons (Fsp3) is 0.250. The summed E-state index contributed by atoms with van der Waals surface area (Å²) >= 11 is 0. The summed E-state index contributed by atoms with van der Waals surface area (Å²) in [6, 6.07) is 8.54. The molecule has 2 N–H and O–H groups in total. The number of carbonyl (C=O) groups excluding carboxylic acids is 2. The Hall–Kier alpha value is -2.17. The molecule has 1 atom stereocenters. The van der Waals surface area contributed by atoms with E-state index in [-0.39, 0.29) is 6.42 Å². The number of cyclic esters (lactones) is 1. The topological polar surface area (TPSA) is 81.8 Å². The van der Waals surface area contributed by atoms with Gasteiger partial charge in [-0.3, -0.25) is 4.79 Å². The minimum Gasteiger partial charge on any atom is -0.406 e. The van der Waals surface area contributed by atoms with Gasteiger partial charge < -0.3 is 10.5 Å². The summed E-state index contributed by atoms with van der Waals surface area (Å²) < 4.78 is 5.05. The molecule has 5 nitrogen and oxygen atoms in total. The molecule has 0 spiro atoms. The van der Waals surface area contributed by atoms with Crippen LogP contribution >= 0.6 is 0 Å². The van der Waals surface area contributed by atoms with Gasteiger partial charge in [0.05, 0.1) is 0 Å². The molecule has 0 saturated heterocycles.